The Morgan fingerprint density at radius 2 is 2.00 bits per heavy atom. The van der Waals surface area contributed by atoms with E-state index in [1.165, 1.54) is 12.8 Å². The number of aliphatic hydroxyl groups excluding tert-OH is 1. The molecule has 1 atom stereocenters. The topological polar surface area (TPSA) is 66.4 Å². The van der Waals surface area contributed by atoms with E-state index in [2.05, 4.69) is 4.72 Å². The quantitative estimate of drug-likeness (QED) is 0.677. The highest BCUT2D eigenvalue weighted by Gasteiger charge is 2.24. The summed E-state index contributed by atoms with van der Waals surface area (Å²) in [7, 11) is -3.18. The molecule has 0 bridgehead atoms. The summed E-state index contributed by atoms with van der Waals surface area (Å²) in [5, 5.41) is 9.55. The Hall–Kier alpha value is -0.130. The van der Waals surface area contributed by atoms with Gasteiger partial charge in [0.15, 0.2) is 0 Å². The average Bonchev–Trinajstić information content (AvgIpc) is 2.94. The molecule has 0 aromatic heterocycles. The molecule has 0 saturated heterocycles. The molecule has 2 N–H and O–H groups in total. The second kappa shape index (κ2) is 5.98. The fourth-order valence-corrected chi connectivity index (χ4v) is 2.89. The average molecular weight is 249 g/mol. The predicted molar refractivity (Wildman–Crippen MR) is 64.6 cm³/mol. The van der Waals surface area contributed by atoms with E-state index in [9.17, 15) is 13.5 Å². The Morgan fingerprint density at radius 3 is 2.50 bits per heavy atom. The molecular formula is C11H23NO3S. The number of rotatable bonds is 8. The largest absolute Gasteiger partial charge is 0.392 e. The van der Waals surface area contributed by atoms with Crippen LogP contribution in [0.2, 0.25) is 0 Å². The highest BCUT2D eigenvalue weighted by Crippen LogP contribution is 2.32. The lowest BCUT2D eigenvalue weighted by Gasteiger charge is -2.13. The summed E-state index contributed by atoms with van der Waals surface area (Å²) in [6.45, 7) is 4.15. The van der Waals surface area contributed by atoms with E-state index in [1.807, 2.05) is 13.8 Å². The van der Waals surface area contributed by atoms with Crippen molar-refractivity contribution in [3.63, 3.8) is 0 Å². The summed E-state index contributed by atoms with van der Waals surface area (Å²) in [4.78, 5) is 0. The van der Waals surface area contributed by atoms with Crippen molar-refractivity contribution >= 4 is 10.0 Å². The van der Waals surface area contributed by atoms with Crippen molar-refractivity contribution < 1.29 is 13.5 Å². The zero-order valence-electron chi connectivity index (χ0n) is 10.1. The summed E-state index contributed by atoms with van der Waals surface area (Å²) < 4.78 is 25.5. The van der Waals surface area contributed by atoms with Crippen LogP contribution in [-0.4, -0.2) is 31.9 Å². The maximum Gasteiger partial charge on any atom is 0.211 e. The molecule has 16 heavy (non-hydrogen) atoms. The van der Waals surface area contributed by atoms with Crippen LogP contribution in [0, 0.1) is 11.8 Å². The fraction of sp³-hybridized carbons (Fsp3) is 1.00. The highest BCUT2D eigenvalue weighted by molar-refractivity contribution is 7.89. The van der Waals surface area contributed by atoms with E-state index in [0.29, 0.717) is 18.3 Å². The van der Waals surface area contributed by atoms with Crippen molar-refractivity contribution in [1.82, 2.24) is 4.72 Å². The van der Waals surface area contributed by atoms with Crippen molar-refractivity contribution in [2.24, 2.45) is 11.8 Å². The summed E-state index contributed by atoms with van der Waals surface area (Å²) in [6, 6.07) is 0. The molecule has 0 aliphatic heterocycles. The number of aliphatic hydroxyl groups is 1. The Morgan fingerprint density at radius 1 is 1.38 bits per heavy atom. The van der Waals surface area contributed by atoms with E-state index >= 15 is 0 Å². The molecule has 1 rings (SSSR count). The molecule has 0 aromatic carbocycles. The SMILES string of the molecule is CC(C)CC(O)CNS(=O)(=O)CCC1CC1. The molecule has 1 aliphatic carbocycles. The van der Waals surface area contributed by atoms with E-state index in [0.717, 1.165) is 6.42 Å². The number of sulfonamides is 1. The molecule has 1 fully saturated rings. The minimum atomic E-state index is -3.18. The molecular weight excluding hydrogens is 226 g/mol. The minimum absolute atomic E-state index is 0.144. The lowest BCUT2D eigenvalue weighted by Crippen LogP contribution is -2.34. The third-order valence-corrected chi connectivity index (χ3v) is 4.15. The molecule has 96 valence electrons. The van der Waals surface area contributed by atoms with Gasteiger partial charge in [0, 0.05) is 6.54 Å². The summed E-state index contributed by atoms with van der Waals surface area (Å²) in [5.74, 6) is 1.20. The van der Waals surface area contributed by atoms with Gasteiger partial charge in [0.25, 0.3) is 0 Å². The van der Waals surface area contributed by atoms with Gasteiger partial charge < -0.3 is 5.11 Å². The monoisotopic (exact) mass is 249 g/mol. The maximum absolute atomic E-state index is 11.5. The van der Waals surface area contributed by atoms with Crippen LogP contribution in [0.15, 0.2) is 0 Å². The molecule has 1 aliphatic rings. The standard InChI is InChI=1S/C11H23NO3S/c1-9(2)7-11(13)8-12-16(14,15)6-5-10-3-4-10/h9-13H,3-8H2,1-2H3. The van der Waals surface area contributed by atoms with Crippen LogP contribution < -0.4 is 4.72 Å². The molecule has 0 aromatic rings. The van der Waals surface area contributed by atoms with Gasteiger partial charge in [-0.15, -0.1) is 0 Å². The number of hydrogen-bond donors (Lipinski definition) is 2. The van der Waals surface area contributed by atoms with Gasteiger partial charge in [0.05, 0.1) is 11.9 Å². The lowest BCUT2D eigenvalue weighted by molar-refractivity contribution is 0.152. The van der Waals surface area contributed by atoms with Crippen LogP contribution in [-0.2, 0) is 10.0 Å². The van der Waals surface area contributed by atoms with E-state index < -0.39 is 16.1 Å². The smallest absolute Gasteiger partial charge is 0.211 e. The molecule has 1 saturated carbocycles. The first-order valence-electron chi connectivity index (χ1n) is 6.04. The van der Waals surface area contributed by atoms with E-state index in [1.54, 1.807) is 0 Å². The van der Waals surface area contributed by atoms with Gasteiger partial charge in [0.2, 0.25) is 10.0 Å². The van der Waals surface area contributed by atoms with Crippen LogP contribution in [0.3, 0.4) is 0 Å². The van der Waals surface area contributed by atoms with E-state index in [-0.39, 0.29) is 12.3 Å². The molecule has 4 nitrogen and oxygen atoms in total. The normalized spacial score (nSPS) is 19.0. The zero-order chi connectivity index (χ0) is 12.2. The third-order valence-electron chi connectivity index (χ3n) is 2.77. The second-order valence-electron chi connectivity index (χ2n) is 5.18. The highest BCUT2D eigenvalue weighted by atomic mass is 32.2. The van der Waals surface area contributed by atoms with Crippen molar-refractivity contribution in [3.05, 3.63) is 0 Å². The molecule has 1 unspecified atom stereocenters. The van der Waals surface area contributed by atoms with Crippen LogP contribution in [0.4, 0.5) is 0 Å². The predicted octanol–water partition coefficient (Wildman–Crippen LogP) is 1.11. The molecule has 0 radical (unpaired) electrons. The summed E-state index contributed by atoms with van der Waals surface area (Å²) >= 11 is 0. The summed E-state index contributed by atoms with van der Waals surface area (Å²) in [5.41, 5.74) is 0. The first kappa shape index (κ1) is 13.9. The van der Waals surface area contributed by atoms with Crippen molar-refractivity contribution in [2.75, 3.05) is 12.3 Å². The van der Waals surface area contributed by atoms with Gasteiger partial charge in [-0.1, -0.05) is 26.7 Å². The van der Waals surface area contributed by atoms with Crippen LogP contribution in [0.1, 0.15) is 39.5 Å². The third kappa shape index (κ3) is 6.45. The van der Waals surface area contributed by atoms with Gasteiger partial charge in [-0.3, -0.25) is 0 Å². The van der Waals surface area contributed by atoms with Crippen LogP contribution in [0.5, 0.6) is 0 Å². The van der Waals surface area contributed by atoms with Crippen molar-refractivity contribution in [1.29, 1.82) is 0 Å². The molecule has 0 amide bonds. The first-order valence-corrected chi connectivity index (χ1v) is 7.69. The van der Waals surface area contributed by atoms with Crippen LogP contribution >= 0.6 is 0 Å². The van der Waals surface area contributed by atoms with Gasteiger partial charge in [-0.2, -0.15) is 0 Å². The Balaban J connectivity index is 2.18. The Bertz CT molecular complexity index is 296. The van der Waals surface area contributed by atoms with Crippen molar-refractivity contribution in [2.45, 2.75) is 45.6 Å². The van der Waals surface area contributed by atoms with Gasteiger partial charge in [0.1, 0.15) is 0 Å². The Labute approximate surface area is 98.5 Å². The Kier molecular flexibility index (Phi) is 5.21. The van der Waals surface area contributed by atoms with Gasteiger partial charge in [-0.25, -0.2) is 13.1 Å². The number of hydrogen-bond acceptors (Lipinski definition) is 3. The van der Waals surface area contributed by atoms with Crippen LogP contribution in [0.25, 0.3) is 0 Å². The van der Waals surface area contributed by atoms with E-state index in [4.69, 9.17) is 0 Å². The molecule has 0 spiro atoms. The second-order valence-corrected chi connectivity index (χ2v) is 7.11. The minimum Gasteiger partial charge on any atom is -0.392 e. The lowest BCUT2D eigenvalue weighted by atomic mass is 10.1. The van der Waals surface area contributed by atoms with Gasteiger partial charge >= 0.3 is 0 Å². The van der Waals surface area contributed by atoms with Crippen molar-refractivity contribution in [3.8, 4) is 0 Å². The maximum atomic E-state index is 11.5. The summed E-state index contributed by atoms with van der Waals surface area (Å²) in [6.07, 6.45) is 3.16. The molecule has 0 heterocycles. The zero-order valence-corrected chi connectivity index (χ0v) is 11.0. The fourth-order valence-electron chi connectivity index (χ4n) is 1.65. The number of nitrogens with one attached hydrogen (secondary N) is 1. The first-order chi connectivity index (χ1) is 7.39. The van der Waals surface area contributed by atoms with Gasteiger partial charge in [-0.05, 0) is 24.7 Å². The molecule has 5 heteroatoms.